The molecule has 2 unspecified atom stereocenters. The van der Waals surface area contributed by atoms with Gasteiger partial charge in [0.2, 0.25) is 0 Å². The molecule has 0 aromatic carbocycles. The van der Waals surface area contributed by atoms with Gasteiger partial charge in [0.15, 0.2) is 0 Å². The molecule has 4 nitrogen and oxygen atoms in total. The number of hydrogen-bond acceptors (Lipinski definition) is 3. The molecule has 1 saturated carbocycles. The van der Waals surface area contributed by atoms with E-state index in [0.717, 1.165) is 32.3 Å². The Kier molecular flexibility index (Phi) is 4.85. The molecule has 2 rings (SSSR count). The van der Waals surface area contributed by atoms with Gasteiger partial charge in [0.1, 0.15) is 6.04 Å². The molecular formula is C15H27NO3. The van der Waals surface area contributed by atoms with Crippen LogP contribution in [0, 0.1) is 0 Å². The molecule has 110 valence electrons. The van der Waals surface area contributed by atoms with Crippen LogP contribution in [0.2, 0.25) is 0 Å². The number of hydrogen-bond donors (Lipinski definition) is 1. The summed E-state index contributed by atoms with van der Waals surface area (Å²) in [4.78, 5) is 13.4. The number of ether oxygens (including phenoxy) is 1. The van der Waals surface area contributed by atoms with Crippen molar-refractivity contribution in [1.29, 1.82) is 0 Å². The number of nitrogens with zero attached hydrogens (tertiary/aromatic N) is 1. The summed E-state index contributed by atoms with van der Waals surface area (Å²) in [5.41, 5.74) is 0.0478. The summed E-state index contributed by atoms with van der Waals surface area (Å²) in [7, 11) is 1.97. The van der Waals surface area contributed by atoms with Gasteiger partial charge in [-0.1, -0.05) is 26.2 Å². The molecule has 2 fully saturated rings. The van der Waals surface area contributed by atoms with E-state index in [9.17, 15) is 9.90 Å². The Balaban J connectivity index is 2.01. The average molecular weight is 269 g/mol. The molecule has 0 bridgehead atoms. The molecule has 0 radical (unpaired) electrons. The first kappa shape index (κ1) is 14.8. The van der Waals surface area contributed by atoms with Gasteiger partial charge in [-0.3, -0.25) is 9.69 Å². The van der Waals surface area contributed by atoms with Gasteiger partial charge in [-0.05, 0) is 39.2 Å². The van der Waals surface area contributed by atoms with E-state index >= 15 is 0 Å². The molecule has 0 aromatic rings. The standard InChI is InChI=1S/C15H27NO3/c1-3-13(14(17)18)16(2)12-7-10-19-15(11-12)8-5-4-6-9-15/h12-13H,3-11H2,1-2H3,(H,17,18). The lowest BCUT2D eigenvalue weighted by molar-refractivity contribution is -0.150. The van der Waals surface area contributed by atoms with Crippen molar-refractivity contribution in [1.82, 2.24) is 4.90 Å². The zero-order valence-electron chi connectivity index (χ0n) is 12.2. The van der Waals surface area contributed by atoms with Crippen molar-refractivity contribution >= 4 is 5.97 Å². The van der Waals surface area contributed by atoms with Crippen molar-refractivity contribution < 1.29 is 14.6 Å². The fourth-order valence-electron chi connectivity index (χ4n) is 3.79. The van der Waals surface area contributed by atoms with Crippen molar-refractivity contribution in [2.24, 2.45) is 0 Å². The number of carboxylic acids is 1. The predicted octanol–water partition coefficient (Wildman–Crippen LogP) is 2.66. The maximum absolute atomic E-state index is 11.3. The Morgan fingerprint density at radius 2 is 2.11 bits per heavy atom. The molecule has 0 aromatic heterocycles. The van der Waals surface area contributed by atoms with E-state index in [1.807, 2.05) is 14.0 Å². The third kappa shape index (κ3) is 3.29. The Bertz CT molecular complexity index is 307. The average Bonchev–Trinajstić information content (AvgIpc) is 2.40. The highest BCUT2D eigenvalue weighted by molar-refractivity contribution is 5.73. The van der Waals surface area contributed by atoms with Crippen LogP contribution < -0.4 is 0 Å². The van der Waals surface area contributed by atoms with Gasteiger partial charge in [0, 0.05) is 12.6 Å². The van der Waals surface area contributed by atoms with Gasteiger partial charge in [-0.25, -0.2) is 0 Å². The van der Waals surface area contributed by atoms with Gasteiger partial charge in [0.25, 0.3) is 0 Å². The first-order chi connectivity index (χ1) is 9.08. The van der Waals surface area contributed by atoms with Crippen LogP contribution in [0.3, 0.4) is 0 Å². The van der Waals surface area contributed by atoms with Crippen LogP contribution in [0.5, 0.6) is 0 Å². The summed E-state index contributed by atoms with van der Waals surface area (Å²) < 4.78 is 6.09. The van der Waals surface area contributed by atoms with Crippen LogP contribution in [-0.4, -0.2) is 47.3 Å². The fourth-order valence-corrected chi connectivity index (χ4v) is 3.79. The van der Waals surface area contributed by atoms with E-state index in [0.29, 0.717) is 12.5 Å². The van der Waals surface area contributed by atoms with Gasteiger partial charge >= 0.3 is 5.97 Å². The highest BCUT2D eigenvalue weighted by Gasteiger charge is 2.41. The molecule has 2 atom stereocenters. The fraction of sp³-hybridized carbons (Fsp3) is 0.933. The molecule has 1 N–H and O–H groups in total. The van der Waals surface area contributed by atoms with Crippen LogP contribution in [0.4, 0.5) is 0 Å². The second-order valence-electron chi connectivity index (χ2n) is 6.17. The monoisotopic (exact) mass is 269 g/mol. The van der Waals surface area contributed by atoms with Gasteiger partial charge < -0.3 is 9.84 Å². The molecule has 1 aliphatic heterocycles. The lowest BCUT2D eigenvalue weighted by Gasteiger charge is -2.46. The molecule has 1 heterocycles. The van der Waals surface area contributed by atoms with Crippen molar-refractivity contribution in [2.75, 3.05) is 13.7 Å². The quantitative estimate of drug-likeness (QED) is 0.852. The second kappa shape index (κ2) is 6.23. The lowest BCUT2D eigenvalue weighted by Crippen LogP contribution is -2.52. The first-order valence-corrected chi connectivity index (χ1v) is 7.67. The summed E-state index contributed by atoms with van der Waals surface area (Å²) in [6.45, 7) is 2.73. The van der Waals surface area contributed by atoms with Crippen LogP contribution in [0.1, 0.15) is 58.3 Å². The number of carboxylic acid groups (broad SMARTS) is 1. The number of carbonyl (C=O) groups is 1. The third-order valence-corrected chi connectivity index (χ3v) is 4.97. The summed E-state index contributed by atoms with van der Waals surface area (Å²) >= 11 is 0. The highest BCUT2D eigenvalue weighted by Crippen LogP contribution is 2.40. The Morgan fingerprint density at radius 3 is 2.68 bits per heavy atom. The maximum Gasteiger partial charge on any atom is 0.320 e. The van der Waals surface area contributed by atoms with Crippen molar-refractivity contribution in [3.63, 3.8) is 0 Å². The van der Waals surface area contributed by atoms with Crippen molar-refractivity contribution in [2.45, 2.75) is 76.0 Å². The Morgan fingerprint density at radius 1 is 1.42 bits per heavy atom. The number of aliphatic carboxylic acids is 1. The molecule has 1 aliphatic carbocycles. The van der Waals surface area contributed by atoms with E-state index in [-0.39, 0.29) is 11.6 Å². The minimum Gasteiger partial charge on any atom is -0.480 e. The summed E-state index contributed by atoms with van der Waals surface area (Å²) in [5.74, 6) is -0.700. The number of rotatable bonds is 4. The van der Waals surface area contributed by atoms with Gasteiger partial charge in [-0.15, -0.1) is 0 Å². The van der Waals surface area contributed by atoms with Crippen LogP contribution in [0.15, 0.2) is 0 Å². The Labute approximate surface area is 116 Å². The van der Waals surface area contributed by atoms with Crippen LogP contribution >= 0.6 is 0 Å². The Hall–Kier alpha value is -0.610. The zero-order chi connectivity index (χ0) is 13.9. The molecule has 1 saturated heterocycles. The van der Waals surface area contributed by atoms with E-state index in [4.69, 9.17) is 4.74 Å². The van der Waals surface area contributed by atoms with Crippen molar-refractivity contribution in [3.8, 4) is 0 Å². The van der Waals surface area contributed by atoms with E-state index in [1.165, 1.54) is 19.3 Å². The molecular weight excluding hydrogens is 242 g/mol. The lowest BCUT2D eigenvalue weighted by atomic mass is 9.78. The maximum atomic E-state index is 11.3. The summed E-state index contributed by atoms with van der Waals surface area (Å²) in [6.07, 6.45) is 8.77. The van der Waals surface area contributed by atoms with E-state index in [2.05, 4.69) is 4.90 Å². The van der Waals surface area contributed by atoms with Gasteiger partial charge in [0.05, 0.1) is 5.60 Å². The van der Waals surface area contributed by atoms with E-state index in [1.54, 1.807) is 0 Å². The molecule has 2 aliphatic rings. The molecule has 0 amide bonds. The minimum absolute atomic E-state index is 0.0478. The highest BCUT2D eigenvalue weighted by atomic mass is 16.5. The largest absolute Gasteiger partial charge is 0.480 e. The number of likely N-dealkylation sites (N-methyl/N-ethyl adjacent to an activating group) is 1. The molecule has 4 heteroatoms. The van der Waals surface area contributed by atoms with Crippen molar-refractivity contribution in [3.05, 3.63) is 0 Å². The van der Waals surface area contributed by atoms with Crippen LogP contribution in [0.25, 0.3) is 0 Å². The smallest absolute Gasteiger partial charge is 0.320 e. The second-order valence-corrected chi connectivity index (χ2v) is 6.17. The van der Waals surface area contributed by atoms with Gasteiger partial charge in [-0.2, -0.15) is 0 Å². The molecule has 1 spiro atoms. The van der Waals surface area contributed by atoms with Crippen LogP contribution in [-0.2, 0) is 9.53 Å². The SMILES string of the molecule is CCC(C(=O)O)N(C)C1CCOC2(CCCCC2)C1. The minimum atomic E-state index is -0.700. The normalized spacial score (nSPS) is 28.5. The summed E-state index contributed by atoms with van der Waals surface area (Å²) in [5, 5.41) is 9.30. The first-order valence-electron chi connectivity index (χ1n) is 7.67. The molecule has 19 heavy (non-hydrogen) atoms. The van der Waals surface area contributed by atoms with E-state index < -0.39 is 5.97 Å². The zero-order valence-corrected chi connectivity index (χ0v) is 12.2. The third-order valence-electron chi connectivity index (χ3n) is 4.97. The topological polar surface area (TPSA) is 49.8 Å². The summed E-state index contributed by atoms with van der Waals surface area (Å²) in [6, 6.07) is -0.00311. The predicted molar refractivity (Wildman–Crippen MR) is 74.3 cm³/mol.